The minimum absolute atomic E-state index is 0.672. The number of fused-ring (bicyclic) bond motifs is 1. The quantitative estimate of drug-likeness (QED) is 0.362. The summed E-state index contributed by atoms with van der Waals surface area (Å²) in [6.07, 6.45) is 16.9. The van der Waals surface area contributed by atoms with Gasteiger partial charge >= 0.3 is 0 Å². The Morgan fingerprint density at radius 3 is 2.04 bits per heavy atom. The zero-order valence-electron chi connectivity index (χ0n) is 17.4. The minimum atomic E-state index is 0.672. The van der Waals surface area contributed by atoms with E-state index in [1.807, 2.05) is 0 Å². The largest absolute Gasteiger partial charge is 0.337 e. The van der Waals surface area contributed by atoms with E-state index in [1.165, 1.54) is 64.2 Å². The van der Waals surface area contributed by atoms with Crippen LogP contribution in [0.25, 0.3) is 0 Å². The Bertz CT molecular complexity index is 418. The summed E-state index contributed by atoms with van der Waals surface area (Å²) >= 11 is 0. The third-order valence-electron chi connectivity index (χ3n) is 7.93. The monoisotopic (exact) mass is 343 g/mol. The van der Waals surface area contributed by atoms with Crippen molar-refractivity contribution in [2.75, 3.05) is 0 Å². The van der Waals surface area contributed by atoms with Crippen LogP contribution >= 0.6 is 0 Å². The Morgan fingerprint density at radius 2 is 1.48 bits per heavy atom. The average Bonchev–Trinajstić information content (AvgIpc) is 3.21. The van der Waals surface area contributed by atoms with Gasteiger partial charge in [0.1, 0.15) is 0 Å². The summed E-state index contributed by atoms with van der Waals surface area (Å²) in [6.45, 7) is 14.7. The van der Waals surface area contributed by atoms with Crippen LogP contribution in [0.1, 0.15) is 91.9 Å². The normalized spacial score (nSPS) is 33.4. The molecular formula is C23H42BN. The van der Waals surface area contributed by atoms with Crippen molar-refractivity contribution in [3.8, 4) is 0 Å². The number of hydrogen-bond donors (Lipinski definition) is 0. The van der Waals surface area contributed by atoms with Crippen LogP contribution in [0.5, 0.6) is 0 Å². The van der Waals surface area contributed by atoms with Crippen molar-refractivity contribution in [2.24, 2.45) is 17.8 Å². The average molecular weight is 343 g/mol. The summed E-state index contributed by atoms with van der Waals surface area (Å²) in [7, 11) is 0. The number of rotatable bonds is 7. The second kappa shape index (κ2) is 8.64. The number of allylic oxidation sites excluding steroid dienone is 1. The maximum absolute atomic E-state index is 4.09. The standard InChI is InChI=1S/C23H42BN/c1-6-11-19-16-23(22-15-10-9-14-21(19)22)24(20-12-7-8-13-20)25(17(2)3)18(4)5/h6,17-23H,1,7-16H2,2-5H3. The van der Waals surface area contributed by atoms with E-state index in [2.05, 4.69) is 45.2 Å². The van der Waals surface area contributed by atoms with E-state index in [0.29, 0.717) is 12.1 Å². The van der Waals surface area contributed by atoms with Crippen molar-refractivity contribution in [1.29, 1.82) is 0 Å². The van der Waals surface area contributed by atoms with E-state index in [0.717, 1.165) is 36.2 Å². The molecule has 0 aromatic heterocycles. The second-order valence-electron chi connectivity index (χ2n) is 9.97. The molecule has 142 valence electrons. The molecule has 0 aromatic rings. The molecule has 0 N–H and O–H groups in total. The Hall–Kier alpha value is -0.235. The van der Waals surface area contributed by atoms with Gasteiger partial charge in [0.2, 0.25) is 6.85 Å². The third kappa shape index (κ3) is 4.04. The van der Waals surface area contributed by atoms with Gasteiger partial charge in [0.05, 0.1) is 0 Å². The second-order valence-corrected chi connectivity index (χ2v) is 9.97. The Morgan fingerprint density at radius 1 is 0.920 bits per heavy atom. The summed E-state index contributed by atoms with van der Waals surface area (Å²) < 4.78 is 0. The van der Waals surface area contributed by atoms with E-state index < -0.39 is 0 Å². The molecule has 2 heteroatoms. The smallest absolute Gasteiger partial charge is 0.230 e. The van der Waals surface area contributed by atoms with E-state index in [4.69, 9.17) is 0 Å². The van der Waals surface area contributed by atoms with Crippen LogP contribution in [0.2, 0.25) is 11.6 Å². The molecule has 3 aliphatic carbocycles. The van der Waals surface area contributed by atoms with Crippen LogP contribution in [-0.4, -0.2) is 23.7 Å². The van der Waals surface area contributed by atoms with Crippen LogP contribution < -0.4 is 0 Å². The molecule has 0 bridgehead atoms. The van der Waals surface area contributed by atoms with Crippen LogP contribution in [0, 0.1) is 17.8 Å². The van der Waals surface area contributed by atoms with Gasteiger partial charge in [-0.25, -0.2) is 0 Å². The van der Waals surface area contributed by atoms with E-state index in [9.17, 15) is 0 Å². The first-order chi connectivity index (χ1) is 12.0. The predicted octanol–water partition coefficient (Wildman–Crippen LogP) is 6.81. The number of nitrogens with zero attached hydrogens (tertiary/aromatic N) is 1. The Labute approximate surface area is 158 Å². The van der Waals surface area contributed by atoms with Crippen molar-refractivity contribution in [1.82, 2.24) is 4.81 Å². The lowest BCUT2D eigenvalue weighted by Crippen LogP contribution is -2.53. The summed E-state index contributed by atoms with van der Waals surface area (Å²) in [5.74, 6) is 4.84. The molecule has 4 unspecified atom stereocenters. The molecule has 0 saturated heterocycles. The third-order valence-corrected chi connectivity index (χ3v) is 7.93. The van der Waals surface area contributed by atoms with Gasteiger partial charge in [-0.05, 0) is 54.3 Å². The van der Waals surface area contributed by atoms with Crippen molar-refractivity contribution < 1.29 is 0 Å². The van der Waals surface area contributed by atoms with Gasteiger partial charge in [0.25, 0.3) is 0 Å². The number of hydrogen-bond acceptors (Lipinski definition) is 1. The first kappa shape index (κ1) is 19.5. The van der Waals surface area contributed by atoms with Crippen LogP contribution in [-0.2, 0) is 0 Å². The predicted molar refractivity (Wildman–Crippen MR) is 112 cm³/mol. The van der Waals surface area contributed by atoms with Gasteiger partial charge in [0, 0.05) is 0 Å². The molecule has 3 fully saturated rings. The van der Waals surface area contributed by atoms with Crippen molar-refractivity contribution in [3.05, 3.63) is 12.7 Å². The van der Waals surface area contributed by atoms with E-state index in [-0.39, 0.29) is 0 Å². The fourth-order valence-electron chi connectivity index (χ4n) is 7.28. The van der Waals surface area contributed by atoms with Gasteiger partial charge in [0.15, 0.2) is 0 Å². The molecule has 1 nitrogen and oxygen atoms in total. The van der Waals surface area contributed by atoms with Gasteiger partial charge in [-0.2, -0.15) is 0 Å². The Kier molecular flexibility index (Phi) is 6.74. The first-order valence-corrected chi connectivity index (χ1v) is 11.4. The van der Waals surface area contributed by atoms with Gasteiger partial charge in [-0.15, -0.1) is 6.58 Å². The lowest BCUT2D eigenvalue weighted by Gasteiger charge is -2.45. The highest BCUT2D eigenvalue weighted by Crippen LogP contribution is 2.57. The van der Waals surface area contributed by atoms with Crippen molar-refractivity contribution in [2.45, 2.75) is 116 Å². The highest BCUT2D eigenvalue weighted by atomic mass is 15.1. The summed E-state index contributed by atoms with van der Waals surface area (Å²) in [4.78, 5) is 2.93. The molecule has 0 aromatic carbocycles. The molecule has 4 atom stereocenters. The lowest BCUT2D eigenvalue weighted by molar-refractivity contribution is 0.222. The molecule has 0 heterocycles. The first-order valence-electron chi connectivity index (χ1n) is 11.4. The van der Waals surface area contributed by atoms with E-state index in [1.54, 1.807) is 0 Å². The summed E-state index contributed by atoms with van der Waals surface area (Å²) in [5, 5.41) is 0. The zero-order valence-corrected chi connectivity index (χ0v) is 17.4. The molecule has 3 saturated carbocycles. The highest BCUT2D eigenvalue weighted by Gasteiger charge is 2.52. The lowest BCUT2D eigenvalue weighted by atomic mass is 9.37. The topological polar surface area (TPSA) is 3.24 Å². The van der Waals surface area contributed by atoms with E-state index >= 15 is 0 Å². The molecule has 0 spiro atoms. The van der Waals surface area contributed by atoms with Crippen molar-refractivity contribution in [3.63, 3.8) is 0 Å². The highest BCUT2D eigenvalue weighted by molar-refractivity contribution is 6.59. The van der Waals surface area contributed by atoms with Crippen LogP contribution in [0.3, 0.4) is 0 Å². The fourth-order valence-corrected chi connectivity index (χ4v) is 7.28. The maximum Gasteiger partial charge on any atom is 0.230 e. The molecule has 25 heavy (non-hydrogen) atoms. The SMILES string of the molecule is C=CCC1CC(B(C2CCCC2)N(C(C)C)C(C)C)C2CCCCC12. The van der Waals surface area contributed by atoms with Gasteiger partial charge in [-0.1, -0.05) is 85.1 Å². The zero-order chi connectivity index (χ0) is 18.0. The molecular weight excluding hydrogens is 301 g/mol. The summed E-state index contributed by atoms with van der Waals surface area (Å²) in [5.41, 5.74) is 0. The molecule has 0 aliphatic heterocycles. The maximum atomic E-state index is 4.09. The van der Waals surface area contributed by atoms with Crippen LogP contribution in [0.4, 0.5) is 0 Å². The van der Waals surface area contributed by atoms with Gasteiger partial charge < -0.3 is 4.81 Å². The minimum Gasteiger partial charge on any atom is -0.337 e. The van der Waals surface area contributed by atoms with Gasteiger partial charge in [-0.3, -0.25) is 0 Å². The molecule has 3 rings (SSSR count). The summed E-state index contributed by atoms with van der Waals surface area (Å²) in [6, 6.07) is 1.34. The fraction of sp³-hybridized carbons (Fsp3) is 0.913. The van der Waals surface area contributed by atoms with Crippen molar-refractivity contribution >= 4 is 6.85 Å². The molecule has 0 amide bonds. The molecule has 0 radical (unpaired) electrons. The van der Waals surface area contributed by atoms with Crippen LogP contribution in [0.15, 0.2) is 12.7 Å². The molecule has 3 aliphatic rings. The Balaban J connectivity index is 1.89.